The third kappa shape index (κ3) is 3.96. The van der Waals surface area contributed by atoms with Crippen molar-refractivity contribution in [2.75, 3.05) is 11.9 Å². The van der Waals surface area contributed by atoms with Gasteiger partial charge in [-0.25, -0.2) is 9.97 Å². The largest absolute Gasteiger partial charge is 0.451 e. The van der Waals surface area contributed by atoms with Gasteiger partial charge in [0.2, 0.25) is 5.82 Å². The summed E-state index contributed by atoms with van der Waals surface area (Å²) in [5, 5.41) is 12.3. The number of aliphatic hydroxyl groups excluding tert-OH is 1. The van der Waals surface area contributed by atoms with Gasteiger partial charge >= 0.3 is 6.18 Å². The van der Waals surface area contributed by atoms with E-state index in [-0.39, 0.29) is 16.9 Å². The molecular formula is C12H15ClF3N3O. The van der Waals surface area contributed by atoms with Gasteiger partial charge < -0.3 is 10.4 Å². The molecule has 1 aromatic rings. The van der Waals surface area contributed by atoms with Crippen molar-refractivity contribution in [1.29, 1.82) is 0 Å². The first-order valence-electron chi connectivity index (χ1n) is 6.40. The predicted molar refractivity (Wildman–Crippen MR) is 68.5 cm³/mol. The summed E-state index contributed by atoms with van der Waals surface area (Å²) in [7, 11) is 0. The van der Waals surface area contributed by atoms with Crippen LogP contribution < -0.4 is 5.32 Å². The molecule has 2 N–H and O–H groups in total. The van der Waals surface area contributed by atoms with Crippen LogP contribution in [0.15, 0.2) is 6.07 Å². The van der Waals surface area contributed by atoms with Gasteiger partial charge in [-0.2, -0.15) is 13.2 Å². The number of anilines is 1. The molecule has 112 valence electrons. The van der Waals surface area contributed by atoms with Crippen molar-refractivity contribution < 1.29 is 18.3 Å². The molecule has 0 aromatic carbocycles. The molecule has 0 amide bonds. The van der Waals surface area contributed by atoms with Gasteiger partial charge in [0.1, 0.15) is 11.0 Å². The average Bonchev–Trinajstić information content (AvgIpc) is 2.36. The van der Waals surface area contributed by atoms with Crippen LogP contribution in [-0.4, -0.2) is 27.7 Å². The number of aromatic nitrogens is 2. The fraction of sp³-hybridized carbons (Fsp3) is 0.667. The summed E-state index contributed by atoms with van der Waals surface area (Å²) >= 11 is 5.57. The standard InChI is InChI=1S/C12H15ClF3N3O/c13-9-5-10(19-11(18-9)12(14,15)16)17-6-7-3-1-2-4-8(7)20/h5,7-8,20H,1-4,6H2,(H,17,18,19). The van der Waals surface area contributed by atoms with Gasteiger partial charge in [0.15, 0.2) is 0 Å². The number of nitrogens with zero attached hydrogens (tertiary/aromatic N) is 2. The van der Waals surface area contributed by atoms with Crippen LogP contribution in [0.2, 0.25) is 5.15 Å². The van der Waals surface area contributed by atoms with Gasteiger partial charge in [-0.3, -0.25) is 0 Å². The molecule has 8 heteroatoms. The zero-order valence-electron chi connectivity index (χ0n) is 10.6. The van der Waals surface area contributed by atoms with E-state index in [1.54, 1.807) is 0 Å². The summed E-state index contributed by atoms with van der Waals surface area (Å²) in [6, 6.07) is 1.24. The van der Waals surface area contributed by atoms with E-state index < -0.39 is 18.1 Å². The zero-order valence-corrected chi connectivity index (χ0v) is 11.4. The minimum Gasteiger partial charge on any atom is -0.393 e. The molecular weight excluding hydrogens is 295 g/mol. The van der Waals surface area contributed by atoms with Gasteiger partial charge in [-0.05, 0) is 12.8 Å². The van der Waals surface area contributed by atoms with Gasteiger partial charge in [0.05, 0.1) is 6.10 Å². The minimum absolute atomic E-state index is 0.0202. The number of rotatable bonds is 3. The molecule has 0 bridgehead atoms. The SMILES string of the molecule is OC1CCCCC1CNc1cc(Cl)nc(C(F)(F)F)n1. The Morgan fingerprint density at radius 3 is 2.65 bits per heavy atom. The second-order valence-corrected chi connectivity index (χ2v) is 5.28. The Labute approximate surface area is 119 Å². The highest BCUT2D eigenvalue weighted by Crippen LogP contribution is 2.29. The van der Waals surface area contributed by atoms with Gasteiger partial charge in [-0.1, -0.05) is 24.4 Å². The zero-order chi connectivity index (χ0) is 14.8. The smallest absolute Gasteiger partial charge is 0.393 e. The quantitative estimate of drug-likeness (QED) is 0.842. The Balaban J connectivity index is 2.04. The lowest BCUT2D eigenvalue weighted by Crippen LogP contribution is -2.30. The van der Waals surface area contributed by atoms with Crippen LogP contribution >= 0.6 is 11.6 Å². The maximum absolute atomic E-state index is 12.6. The van der Waals surface area contributed by atoms with E-state index >= 15 is 0 Å². The van der Waals surface area contributed by atoms with Crippen LogP contribution in [-0.2, 0) is 6.18 Å². The van der Waals surface area contributed by atoms with E-state index in [1.165, 1.54) is 6.07 Å². The van der Waals surface area contributed by atoms with E-state index in [0.717, 1.165) is 25.7 Å². The number of nitrogens with one attached hydrogen (secondary N) is 1. The fourth-order valence-electron chi connectivity index (χ4n) is 2.30. The van der Waals surface area contributed by atoms with Crippen molar-refractivity contribution in [3.05, 3.63) is 17.0 Å². The molecule has 1 aromatic heterocycles. The van der Waals surface area contributed by atoms with Gasteiger partial charge in [-0.15, -0.1) is 0 Å². The minimum atomic E-state index is -4.63. The summed E-state index contributed by atoms with van der Waals surface area (Å²) in [4.78, 5) is 6.56. The van der Waals surface area contributed by atoms with Crippen LogP contribution in [0.5, 0.6) is 0 Å². The molecule has 2 rings (SSSR count). The number of aliphatic hydroxyl groups is 1. The Bertz CT molecular complexity index is 470. The lowest BCUT2D eigenvalue weighted by Gasteiger charge is -2.27. The second kappa shape index (κ2) is 6.13. The highest BCUT2D eigenvalue weighted by molar-refractivity contribution is 6.29. The predicted octanol–water partition coefficient (Wildman–Crippen LogP) is 3.11. The highest BCUT2D eigenvalue weighted by Gasteiger charge is 2.35. The number of alkyl halides is 3. The molecule has 2 unspecified atom stereocenters. The highest BCUT2D eigenvalue weighted by atomic mass is 35.5. The normalized spacial score (nSPS) is 23.6. The van der Waals surface area contributed by atoms with Crippen LogP contribution in [0.4, 0.5) is 19.0 Å². The van der Waals surface area contributed by atoms with Gasteiger partial charge in [0, 0.05) is 18.5 Å². The maximum atomic E-state index is 12.6. The molecule has 2 atom stereocenters. The molecule has 0 saturated heterocycles. The maximum Gasteiger partial charge on any atom is 0.451 e. The Morgan fingerprint density at radius 1 is 1.30 bits per heavy atom. The van der Waals surface area contributed by atoms with Crippen LogP contribution in [0.1, 0.15) is 31.5 Å². The van der Waals surface area contributed by atoms with Gasteiger partial charge in [0.25, 0.3) is 0 Å². The average molecular weight is 310 g/mol. The molecule has 20 heavy (non-hydrogen) atoms. The second-order valence-electron chi connectivity index (χ2n) is 4.89. The summed E-state index contributed by atoms with van der Waals surface area (Å²) in [6.45, 7) is 0.367. The first-order chi connectivity index (χ1) is 9.36. The summed E-state index contributed by atoms with van der Waals surface area (Å²) in [5.74, 6) is -1.22. The van der Waals surface area contributed by atoms with Crippen LogP contribution in [0, 0.1) is 5.92 Å². The first-order valence-corrected chi connectivity index (χ1v) is 6.78. The van der Waals surface area contributed by atoms with E-state index in [2.05, 4.69) is 15.3 Å². The molecule has 0 aliphatic heterocycles. The van der Waals surface area contributed by atoms with E-state index in [9.17, 15) is 18.3 Å². The first kappa shape index (κ1) is 15.3. The topological polar surface area (TPSA) is 58.0 Å². The summed E-state index contributed by atoms with van der Waals surface area (Å²) in [6.07, 6.45) is -1.48. The summed E-state index contributed by atoms with van der Waals surface area (Å²) in [5.41, 5.74) is 0. The molecule has 1 aliphatic carbocycles. The Morgan fingerprint density at radius 2 is 2.00 bits per heavy atom. The molecule has 1 saturated carbocycles. The van der Waals surface area contributed by atoms with E-state index in [0.29, 0.717) is 6.54 Å². The third-order valence-corrected chi connectivity index (χ3v) is 3.56. The molecule has 1 fully saturated rings. The fourth-order valence-corrected chi connectivity index (χ4v) is 2.48. The Hall–Kier alpha value is -1.08. The van der Waals surface area contributed by atoms with Crippen molar-refractivity contribution in [2.24, 2.45) is 5.92 Å². The molecule has 0 radical (unpaired) electrons. The molecule has 1 heterocycles. The number of hydrogen-bond acceptors (Lipinski definition) is 4. The van der Waals surface area contributed by atoms with Crippen molar-refractivity contribution >= 4 is 17.4 Å². The Kier molecular flexibility index (Phi) is 4.70. The van der Waals surface area contributed by atoms with Crippen molar-refractivity contribution in [2.45, 2.75) is 38.0 Å². The lowest BCUT2D eigenvalue weighted by atomic mass is 9.86. The molecule has 4 nitrogen and oxygen atoms in total. The van der Waals surface area contributed by atoms with Crippen molar-refractivity contribution in [3.8, 4) is 0 Å². The van der Waals surface area contributed by atoms with E-state index in [4.69, 9.17) is 11.6 Å². The molecule has 0 spiro atoms. The molecule has 1 aliphatic rings. The monoisotopic (exact) mass is 309 g/mol. The van der Waals surface area contributed by atoms with Crippen LogP contribution in [0.25, 0.3) is 0 Å². The number of hydrogen-bond donors (Lipinski definition) is 2. The van der Waals surface area contributed by atoms with Crippen molar-refractivity contribution in [1.82, 2.24) is 9.97 Å². The number of halogens is 4. The van der Waals surface area contributed by atoms with Crippen LogP contribution in [0.3, 0.4) is 0 Å². The summed E-state index contributed by atoms with van der Waals surface area (Å²) < 4.78 is 37.7. The third-order valence-electron chi connectivity index (χ3n) is 3.36. The van der Waals surface area contributed by atoms with Crippen molar-refractivity contribution in [3.63, 3.8) is 0 Å². The lowest BCUT2D eigenvalue weighted by molar-refractivity contribution is -0.144. The van der Waals surface area contributed by atoms with E-state index in [1.807, 2.05) is 0 Å².